The molecule has 1 aromatic carbocycles. The normalized spacial score (nSPS) is 16.6. The van der Waals surface area contributed by atoms with Crippen molar-refractivity contribution in [1.29, 1.82) is 0 Å². The van der Waals surface area contributed by atoms with E-state index < -0.39 is 0 Å². The molecule has 6 heteroatoms. The predicted octanol–water partition coefficient (Wildman–Crippen LogP) is 3.27. The third kappa shape index (κ3) is 3.49. The summed E-state index contributed by atoms with van der Waals surface area (Å²) in [7, 11) is 1.62. The lowest BCUT2D eigenvalue weighted by Crippen LogP contribution is -2.27. The quantitative estimate of drug-likeness (QED) is 0.870. The highest BCUT2D eigenvalue weighted by atomic mass is 79.9. The van der Waals surface area contributed by atoms with Crippen LogP contribution in [0.25, 0.3) is 5.57 Å². The molecular formula is C18H16BrFN2O2. The molecule has 1 aliphatic rings. The van der Waals surface area contributed by atoms with Crippen molar-refractivity contribution in [1.82, 2.24) is 9.88 Å². The zero-order chi connectivity index (χ0) is 17.1. The number of benzene rings is 1. The maximum absolute atomic E-state index is 13.3. The molecule has 1 aromatic heterocycles. The van der Waals surface area contributed by atoms with E-state index in [-0.39, 0.29) is 17.6 Å². The number of ether oxygens (including phenoxy) is 1. The Morgan fingerprint density at radius 1 is 1.38 bits per heavy atom. The number of allylic oxidation sites excluding steroid dienone is 2. The van der Waals surface area contributed by atoms with Crippen molar-refractivity contribution in [2.45, 2.75) is 12.8 Å². The number of hydrogen-bond acceptors (Lipinski definition) is 3. The van der Waals surface area contributed by atoms with E-state index in [0.29, 0.717) is 11.0 Å². The Balaban J connectivity index is 1.89. The fourth-order valence-corrected chi connectivity index (χ4v) is 3.10. The summed E-state index contributed by atoms with van der Waals surface area (Å²) in [5.74, 6) is -0.312. The lowest BCUT2D eigenvalue weighted by atomic mass is 10.1. The van der Waals surface area contributed by atoms with Crippen molar-refractivity contribution in [2.24, 2.45) is 0 Å². The Bertz CT molecular complexity index is 874. The fraction of sp³-hybridized carbons (Fsp3) is 0.167. The smallest absolute Gasteiger partial charge is 0.265 e. The molecule has 4 nitrogen and oxygen atoms in total. The van der Waals surface area contributed by atoms with Gasteiger partial charge in [0.25, 0.3) is 5.56 Å². The second kappa shape index (κ2) is 7.15. The van der Waals surface area contributed by atoms with Crippen LogP contribution >= 0.6 is 15.9 Å². The molecule has 0 amide bonds. The molecule has 0 spiro atoms. The molecular weight excluding hydrogens is 375 g/mol. The highest BCUT2D eigenvalue weighted by molar-refractivity contribution is 9.10. The second-order valence-electron chi connectivity index (χ2n) is 5.39. The average molecular weight is 391 g/mol. The van der Waals surface area contributed by atoms with Crippen LogP contribution in [-0.2, 0) is 11.3 Å². The van der Waals surface area contributed by atoms with Crippen LogP contribution in [0.1, 0.15) is 11.1 Å². The van der Waals surface area contributed by atoms with E-state index in [1.807, 2.05) is 24.4 Å². The lowest BCUT2D eigenvalue weighted by molar-refractivity contribution is 0.124. The summed E-state index contributed by atoms with van der Waals surface area (Å²) < 4.78 is 20.5. The predicted molar refractivity (Wildman–Crippen MR) is 95.0 cm³/mol. The summed E-state index contributed by atoms with van der Waals surface area (Å²) in [5, 5.41) is 3.08. The van der Waals surface area contributed by atoms with Gasteiger partial charge in [0.2, 0.25) is 0 Å². The van der Waals surface area contributed by atoms with Crippen molar-refractivity contribution < 1.29 is 9.13 Å². The van der Waals surface area contributed by atoms with E-state index in [9.17, 15) is 9.18 Å². The van der Waals surface area contributed by atoms with Gasteiger partial charge in [0.1, 0.15) is 12.0 Å². The van der Waals surface area contributed by atoms with Crippen LogP contribution in [0.4, 0.5) is 4.39 Å². The Labute approximate surface area is 147 Å². The van der Waals surface area contributed by atoms with Crippen molar-refractivity contribution >= 4 is 21.5 Å². The van der Waals surface area contributed by atoms with Crippen molar-refractivity contribution in [2.75, 3.05) is 7.11 Å². The van der Waals surface area contributed by atoms with Gasteiger partial charge in [0, 0.05) is 25.1 Å². The van der Waals surface area contributed by atoms with Crippen LogP contribution in [0, 0.1) is 5.82 Å². The molecule has 0 aliphatic carbocycles. The summed E-state index contributed by atoms with van der Waals surface area (Å²) in [5.41, 5.74) is 2.23. The second-order valence-corrected chi connectivity index (χ2v) is 6.18. The number of rotatable bonds is 4. The zero-order valence-corrected chi connectivity index (χ0v) is 14.6. The Morgan fingerprint density at radius 2 is 2.21 bits per heavy atom. The first-order valence-electron chi connectivity index (χ1n) is 7.39. The van der Waals surface area contributed by atoms with Gasteiger partial charge in [-0.25, -0.2) is 4.39 Å². The SMILES string of the molecule is COC1C=CC(c2ccn(Cc3cccc(F)c3)c(=O)c2Br)=CN1. The molecule has 1 aliphatic heterocycles. The minimum atomic E-state index is -0.312. The van der Waals surface area contributed by atoms with E-state index >= 15 is 0 Å². The molecule has 0 saturated heterocycles. The summed E-state index contributed by atoms with van der Waals surface area (Å²) in [6.07, 6.45) is 7.14. The Kier molecular flexibility index (Phi) is 4.97. The Morgan fingerprint density at radius 3 is 2.88 bits per heavy atom. The van der Waals surface area contributed by atoms with Crippen molar-refractivity contribution in [3.8, 4) is 0 Å². The van der Waals surface area contributed by atoms with Crippen LogP contribution in [0.2, 0.25) is 0 Å². The summed E-state index contributed by atoms with van der Waals surface area (Å²) in [6, 6.07) is 8.09. The molecule has 2 aromatic rings. The molecule has 1 unspecified atom stereocenters. The first kappa shape index (κ1) is 16.7. The van der Waals surface area contributed by atoms with E-state index in [2.05, 4.69) is 21.2 Å². The first-order valence-corrected chi connectivity index (χ1v) is 8.19. The third-order valence-corrected chi connectivity index (χ3v) is 4.53. The van der Waals surface area contributed by atoms with E-state index in [1.54, 1.807) is 30.0 Å². The molecule has 0 bridgehead atoms. The van der Waals surface area contributed by atoms with Crippen LogP contribution < -0.4 is 10.9 Å². The molecule has 0 radical (unpaired) electrons. The molecule has 0 fully saturated rings. The maximum Gasteiger partial charge on any atom is 0.265 e. The highest BCUT2D eigenvalue weighted by Crippen LogP contribution is 2.24. The minimum Gasteiger partial charge on any atom is -0.362 e. The van der Waals surface area contributed by atoms with Gasteiger partial charge in [0.15, 0.2) is 0 Å². The number of methoxy groups -OCH3 is 1. The number of nitrogens with one attached hydrogen (secondary N) is 1. The lowest BCUT2D eigenvalue weighted by Gasteiger charge is -2.18. The molecule has 1 N–H and O–H groups in total. The van der Waals surface area contributed by atoms with Gasteiger partial charge in [-0.3, -0.25) is 4.79 Å². The van der Waals surface area contributed by atoms with Gasteiger partial charge in [-0.15, -0.1) is 0 Å². The van der Waals surface area contributed by atoms with Gasteiger partial charge in [-0.1, -0.05) is 18.2 Å². The van der Waals surface area contributed by atoms with E-state index in [4.69, 9.17) is 4.74 Å². The zero-order valence-electron chi connectivity index (χ0n) is 13.0. The number of pyridine rings is 1. The molecule has 3 rings (SSSR count). The average Bonchev–Trinajstić information content (AvgIpc) is 2.59. The topological polar surface area (TPSA) is 43.3 Å². The van der Waals surface area contributed by atoms with Crippen LogP contribution in [0.15, 0.2) is 64.1 Å². The first-order chi connectivity index (χ1) is 11.6. The van der Waals surface area contributed by atoms with E-state index in [0.717, 1.165) is 16.7 Å². The van der Waals surface area contributed by atoms with Gasteiger partial charge in [0.05, 0.1) is 11.0 Å². The maximum atomic E-state index is 13.3. The highest BCUT2D eigenvalue weighted by Gasteiger charge is 2.13. The van der Waals surface area contributed by atoms with Crippen LogP contribution in [0.5, 0.6) is 0 Å². The largest absolute Gasteiger partial charge is 0.362 e. The monoisotopic (exact) mass is 390 g/mol. The summed E-state index contributed by atoms with van der Waals surface area (Å²) in [4.78, 5) is 12.6. The third-order valence-electron chi connectivity index (χ3n) is 3.77. The van der Waals surface area contributed by atoms with Crippen molar-refractivity contribution in [3.05, 3.63) is 86.7 Å². The fourth-order valence-electron chi connectivity index (χ4n) is 2.51. The number of halogens is 2. The number of hydrogen-bond donors (Lipinski definition) is 1. The van der Waals surface area contributed by atoms with Gasteiger partial charge < -0.3 is 14.6 Å². The Hall–Kier alpha value is -2.18. The summed E-state index contributed by atoms with van der Waals surface area (Å²) in [6.45, 7) is 0.314. The van der Waals surface area contributed by atoms with Gasteiger partial charge >= 0.3 is 0 Å². The molecule has 2 heterocycles. The number of nitrogens with zero attached hydrogens (tertiary/aromatic N) is 1. The van der Waals surface area contributed by atoms with E-state index in [1.165, 1.54) is 12.1 Å². The summed E-state index contributed by atoms with van der Waals surface area (Å²) >= 11 is 3.39. The number of dihydropyridines is 1. The molecule has 1 atom stereocenters. The standard InChI is InChI=1S/C18H16BrFN2O2/c1-24-16-6-5-13(10-21-16)15-7-8-22(18(23)17(15)19)11-12-3-2-4-14(20)9-12/h2-10,16,21H,11H2,1H3. The van der Waals surface area contributed by atoms with Gasteiger partial charge in [-0.05, 0) is 51.3 Å². The minimum absolute atomic E-state index is 0.166. The van der Waals surface area contributed by atoms with Crippen LogP contribution in [0.3, 0.4) is 0 Å². The molecule has 124 valence electrons. The van der Waals surface area contributed by atoms with Crippen LogP contribution in [-0.4, -0.2) is 17.9 Å². The van der Waals surface area contributed by atoms with Gasteiger partial charge in [-0.2, -0.15) is 0 Å². The molecule has 24 heavy (non-hydrogen) atoms. The molecule has 0 saturated carbocycles. The number of aromatic nitrogens is 1. The van der Waals surface area contributed by atoms with Crippen molar-refractivity contribution in [3.63, 3.8) is 0 Å².